The van der Waals surface area contributed by atoms with Gasteiger partial charge >= 0.3 is 5.97 Å². The highest BCUT2D eigenvalue weighted by Crippen LogP contribution is 2.46. The van der Waals surface area contributed by atoms with Crippen molar-refractivity contribution < 1.29 is 23.8 Å². The summed E-state index contributed by atoms with van der Waals surface area (Å²) in [6, 6.07) is 23.8. The molecule has 1 aliphatic carbocycles. The average Bonchev–Trinajstić information content (AvgIpc) is 2.96. The molecule has 3 aromatic carbocycles. The molecule has 206 valence electrons. The molecule has 0 spiro atoms. The standard InChI is InChI=1S/C34H35NO5/c1-21-10-12-24(13-11-21)32-31(34(37)40-17-16-23-8-6-5-7-9-23)22(2)35-27-18-26(19-28(36)33(27)32)25-14-15-29(38-3)30(20-25)39-4/h5-15,20,26,32-33H,16-19H2,1-4H3. The highest BCUT2D eigenvalue weighted by atomic mass is 16.5. The molecule has 3 aromatic rings. The average molecular weight is 538 g/mol. The highest BCUT2D eigenvalue weighted by Gasteiger charge is 2.46. The maximum Gasteiger partial charge on any atom is 0.336 e. The van der Waals surface area contributed by atoms with Gasteiger partial charge in [-0.2, -0.15) is 0 Å². The van der Waals surface area contributed by atoms with Crippen molar-refractivity contribution in [3.05, 3.63) is 106 Å². The number of carbonyl (C=O) groups is 2. The van der Waals surface area contributed by atoms with Crippen LogP contribution in [-0.2, 0) is 20.7 Å². The number of allylic oxidation sites excluding steroid dienone is 1. The van der Waals surface area contributed by atoms with Crippen molar-refractivity contribution in [2.75, 3.05) is 20.8 Å². The molecule has 3 atom stereocenters. The minimum Gasteiger partial charge on any atom is -0.493 e. The molecule has 6 nitrogen and oxygen atoms in total. The Hall–Kier alpha value is -4.19. The van der Waals surface area contributed by atoms with Crippen molar-refractivity contribution >= 4 is 17.5 Å². The molecule has 3 unspecified atom stereocenters. The molecule has 1 fully saturated rings. The van der Waals surface area contributed by atoms with Crippen LogP contribution in [0.2, 0.25) is 0 Å². The first kappa shape index (κ1) is 27.4. The van der Waals surface area contributed by atoms with Gasteiger partial charge in [-0.25, -0.2) is 4.79 Å². The first-order valence-corrected chi connectivity index (χ1v) is 13.7. The van der Waals surface area contributed by atoms with Crippen LogP contribution in [0, 0.1) is 12.8 Å². The minimum atomic E-state index is -0.500. The van der Waals surface area contributed by atoms with E-state index in [-0.39, 0.29) is 18.3 Å². The molecular formula is C34H35NO5. The number of fused-ring (bicyclic) bond motifs is 1. The summed E-state index contributed by atoms with van der Waals surface area (Å²) in [5, 5.41) is 0. The third-order valence-corrected chi connectivity index (χ3v) is 7.96. The van der Waals surface area contributed by atoms with Crippen LogP contribution in [0.4, 0.5) is 0 Å². The second-order valence-electron chi connectivity index (χ2n) is 10.5. The van der Waals surface area contributed by atoms with Gasteiger partial charge in [0.15, 0.2) is 11.5 Å². The summed E-state index contributed by atoms with van der Waals surface area (Å²) in [7, 11) is 3.21. The van der Waals surface area contributed by atoms with E-state index in [1.807, 2.05) is 86.6 Å². The summed E-state index contributed by atoms with van der Waals surface area (Å²) >= 11 is 0. The van der Waals surface area contributed by atoms with E-state index in [1.165, 1.54) is 0 Å². The van der Waals surface area contributed by atoms with Crippen molar-refractivity contribution in [1.29, 1.82) is 0 Å². The second kappa shape index (κ2) is 11.9. The lowest BCUT2D eigenvalue weighted by Gasteiger charge is -2.38. The Morgan fingerprint density at radius 3 is 2.25 bits per heavy atom. The summed E-state index contributed by atoms with van der Waals surface area (Å²) < 4.78 is 16.7. The highest BCUT2D eigenvalue weighted by molar-refractivity contribution is 6.12. The molecule has 0 saturated heterocycles. The van der Waals surface area contributed by atoms with Crippen LogP contribution in [0.1, 0.15) is 53.9 Å². The molecule has 1 heterocycles. The van der Waals surface area contributed by atoms with E-state index >= 15 is 0 Å². The zero-order valence-electron chi connectivity index (χ0n) is 23.5. The Morgan fingerprint density at radius 1 is 0.850 bits per heavy atom. The van der Waals surface area contributed by atoms with Gasteiger partial charge in [-0.1, -0.05) is 66.2 Å². The number of rotatable bonds is 8. The number of hydrogen-bond acceptors (Lipinski definition) is 6. The Bertz CT molecular complexity index is 1460. The lowest BCUT2D eigenvalue weighted by Crippen LogP contribution is -2.41. The Morgan fingerprint density at radius 2 is 1.55 bits per heavy atom. The van der Waals surface area contributed by atoms with Crippen LogP contribution in [0.15, 0.2) is 89.1 Å². The number of methoxy groups -OCH3 is 2. The van der Waals surface area contributed by atoms with Crippen LogP contribution in [0.3, 0.4) is 0 Å². The first-order valence-electron chi connectivity index (χ1n) is 13.7. The van der Waals surface area contributed by atoms with Crippen LogP contribution in [-0.4, -0.2) is 38.3 Å². The topological polar surface area (TPSA) is 74.2 Å². The fourth-order valence-electron chi connectivity index (χ4n) is 5.90. The molecule has 0 bridgehead atoms. The zero-order chi connectivity index (χ0) is 28.2. The van der Waals surface area contributed by atoms with Crippen molar-refractivity contribution in [2.45, 2.75) is 44.9 Å². The summed E-state index contributed by atoms with van der Waals surface area (Å²) in [6.45, 7) is 4.14. The van der Waals surface area contributed by atoms with E-state index < -0.39 is 17.8 Å². The van der Waals surface area contributed by atoms with E-state index in [0.717, 1.165) is 28.0 Å². The molecule has 0 amide bonds. The molecule has 0 aromatic heterocycles. The molecule has 2 aliphatic rings. The fraction of sp³-hybridized carbons (Fsp3) is 0.324. The molecule has 6 heteroatoms. The largest absolute Gasteiger partial charge is 0.493 e. The number of carbonyl (C=O) groups excluding carboxylic acids is 2. The summed E-state index contributed by atoms with van der Waals surface area (Å²) in [6.07, 6.45) is 1.61. The number of Topliss-reactive ketones (excluding diaryl/α,β-unsaturated/α-hetero) is 1. The zero-order valence-corrected chi connectivity index (χ0v) is 23.5. The Balaban J connectivity index is 1.47. The molecule has 1 aliphatic heterocycles. The van der Waals surface area contributed by atoms with Crippen molar-refractivity contribution in [3.8, 4) is 11.5 Å². The molecule has 0 radical (unpaired) electrons. The summed E-state index contributed by atoms with van der Waals surface area (Å²) in [5.74, 6) is -0.0120. The van der Waals surface area contributed by atoms with Crippen molar-refractivity contribution in [1.82, 2.24) is 0 Å². The lowest BCUT2D eigenvalue weighted by atomic mass is 9.66. The SMILES string of the molecule is COc1ccc(C2CC(=O)C3C(=NC(C)=C(C(=O)OCCc4ccccc4)C3c3ccc(C)cc3)C2)cc1OC. The van der Waals surface area contributed by atoms with Crippen molar-refractivity contribution in [2.24, 2.45) is 10.9 Å². The number of nitrogens with zero attached hydrogens (tertiary/aromatic N) is 1. The van der Waals surface area contributed by atoms with E-state index in [4.69, 9.17) is 19.2 Å². The summed E-state index contributed by atoms with van der Waals surface area (Å²) in [4.78, 5) is 32.4. The Kier molecular flexibility index (Phi) is 8.15. The molecule has 5 rings (SSSR count). The van der Waals surface area contributed by atoms with Crippen LogP contribution >= 0.6 is 0 Å². The number of benzene rings is 3. The van der Waals surface area contributed by atoms with Gasteiger partial charge in [-0.15, -0.1) is 0 Å². The first-order chi connectivity index (χ1) is 19.4. The molecule has 0 N–H and O–H groups in total. The maximum absolute atomic E-state index is 13.9. The third-order valence-electron chi connectivity index (χ3n) is 7.96. The predicted molar refractivity (Wildman–Crippen MR) is 155 cm³/mol. The number of hydrogen-bond donors (Lipinski definition) is 0. The predicted octanol–water partition coefficient (Wildman–Crippen LogP) is 6.37. The van der Waals surface area contributed by atoms with Gasteiger partial charge in [-0.05, 0) is 55.0 Å². The smallest absolute Gasteiger partial charge is 0.336 e. The van der Waals surface area contributed by atoms with E-state index in [0.29, 0.717) is 42.0 Å². The monoisotopic (exact) mass is 537 g/mol. The number of ether oxygens (including phenoxy) is 3. The van der Waals surface area contributed by atoms with Gasteiger partial charge in [0.2, 0.25) is 0 Å². The number of aliphatic imine (C=N–C) groups is 1. The van der Waals surface area contributed by atoms with Crippen molar-refractivity contribution in [3.63, 3.8) is 0 Å². The normalized spacial score (nSPS) is 20.4. The minimum absolute atomic E-state index is 0.0341. The molecule has 40 heavy (non-hydrogen) atoms. The molecular weight excluding hydrogens is 502 g/mol. The van der Waals surface area contributed by atoms with Gasteiger partial charge in [0.25, 0.3) is 0 Å². The Labute approximate surface area is 235 Å². The fourth-order valence-corrected chi connectivity index (χ4v) is 5.90. The second-order valence-corrected chi connectivity index (χ2v) is 10.5. The number of esters is 1. The van der Waals surface area contributed by atoms with E-state index in [2.05, 4.69) is 0 Å². The van der Waals surface area contributed by atoms with Gasteiger partial charge in [0.05, 0.1) is 32.3 Å². The summed E-state index contributed by atoms with van der Waals surface area (Å²) in [5.41, 5.74) is 6.06. The van der Waals surface area contributed by atoms with Gasteiger partial charge in [0.1, 0.15) is 5.78 Å². The number of ketones is 1. The van der Waals surface area contributed by atoms with Crippen LogP contribution < -0.4 is 9.47 Å². The van der Waals surface area contributed by atoms with Gasteiger partial charge < -0.3 is 14.2 Å². The van der Waals surface area contributed by atoms with E-state index in [9.17, 15) is 9.59 Å². The lowest BCUT2D eigenvalue weighted by molar-refractivity contribution is -0.139. The number of aryl methyl sites for hydroxylation is 1. The quantitative estimate of drug-likeness (QED) is 0.312. The van der Waals surface area contributed by atoms with Crippen LogP contribution in [0.5, 0.6) is 11.5 Å². The van der Waals surface area contributed by atoms with E-state index in [1.54, 1.807) is 14.2 Å². The van der Waals surface area contributed by atoms with Gasteiger partial charge in [-0.3, -0.25) is 9.79 Å². The maximum atomic E-state index is 13.9. The van der Waals surface area contributed by atoms with Gasteiger partial charge in [0, 0.05) is 30.2 Å². The van der Waals surface area contributed by atoms with Crippen LogP contribution in [0.25, 0.3) is 0 Å². The molecule has 1 saturated carbocycles. The third kappa shape index (κ3) is 5.57.